The van der Waals surface area contributed by atoms with Gasteiger partial charge in [0.15, 0.2) is 0 Å². The van der Waals surface area contributed by atoms with E-state index in [2.05, 4.69) is 0 Å². The van der Waals surface area contributed by atoms with Crippen molar-refractivity contribution in [1.82, 2.24) is 0 Å². The topological polar surface area (TPSA) is 26.0 Å². The molecule has 1 rings (SSSR count). The van der Waals surface area contributed by atoms with Crippen molar-refractivity contribution < 1.29 is 0 Å². The third kappa shape index (κ3) is 2.29. The predicted octanol–water partition coefficient (Wildman–Crippen LogP) is 3.84. The molecule has 0 aliphatic carbocycles. The molecule has 13 heavy (non-hydrogen) atoms. The molecular formula is C9H10Cl3N. The zero-order valence-electron chi connectivity index (χ0n) is 7.37. The van der Waals surface area contributed by atoms with Crippen molar-refractivity contribution in [2.24, 2.45) is 5.73 Å². The van der Waals surface area contributed by atoms with Gasteiger partial charge in [-0.15, -0.1) is 0 Å². The predicted molar refractivity (Wildman–Crippen MR) is 58.7 cm³/mol. The van der Waals surface area contributed by atoms with Gasteiger partial charge in [-0.25, -0.2) is 0 Å². The lowest BCUT2D eigenvalue weighted by Gasteiger charge is -2.21. The Bertz CT molecular complexity index is 328. The van der Waals surface area contributed by atoms with E-state index >= 15 is 0 Å². The van der Waals surface area contributed by atoms with Crippen LogP contribution in [0.3, 0.4) is 0 Å². The van der Waals surface area contributed by atoms with Crippen LogP contribution < -0.4 is 5.73 Å². The summed E-state index contributed by atoms with van der Waals surface area (Å²) >= 11 is 17.6. The molecule has 0 radical (unpaired) electrons. The monoisotopic (exact) mass is 237 g/mol. The maximum atomic E-state index is 5.99. The van der Waals surface area contributed by atoms with Crippen molar-refractivity contribution in [3.05, 3.63) is 32.8 Å². The van der Waals surface area contributed by atoms with Gasteiger partial charge in [0.05, 0.1) is 15.1 Å². The van der Waals surface area contributed by atoms with E-state index in [1.165, 1.54) is 0 Å². The summed E-state index contributed by atoms with van der Waals surface area (Å²) in [5, 5.41) is 1.24. The van der Waals surface area contributed by atoms with Crippen LogP contribution >= 0.6 is 34.8 Å². The van der Waals surface area contributed by atoms with Crippen molar-refractivity contribution in [2.75, 3.05) is 0 Å². The highest BCUT2D eigenvalue weighted by atomic mass is 35.5. The summed E-state index contributed by atoms with van der Waals surface area (Å²) in [6.07, 6.45) is 0. The van der Waals surface area contributed by atoms with Crippen LogP contribution in [-0.4, -0.2) is 0 Å². The zero-order valence-corrected chi connectivity index (χ0v) is 9.63. The van der Waals surface area contributed by atoms with Crippen molar-refractivity contribution in [2.45, 2.75) is 19.4 Å². The van der Waals surface area contributed by atoms with Crippen LogP contribution in [0.25, 0.3) is 0 Å². The van der Waals surface area contributed by atoms with Crippen molar-refractivity contribution in [3.63, 3.8) is 0 Å². The summed E-state index contributed by atoms with van der Waals surface area (Å²) in [7, 11) is 0. The molecule has 72 valence electrons. The minimum Gasteiger partial charge on any atom is -0.322 e. The molecule has 0 atom stereocenters. The number of nitrogens with two attached hydrogens (primary N) is 1. The molecule has 1 aromatic carbocycles. The molecule has 0 aromatic heterocycles. The molecule has 0 saturated carbocycles. The van der Waals surface area contributed by atoms with Crippen LogP contribution in [0.4, 0.5) is 0 Å². The second-order valence-corrected chi connectivity index (χ2v) is 4.61. The Labute approximate surface area is 92.8 Å². The first-order valence-corrected chi connectivity index (χ1v) is 4.90. The summed E-state index contributed by atoms with van der Waals surface area (Å²) < 4.78 is 0. The summed E-state index contributed by atoms with van der Waals surface area (Å²) in [6, 6.07) is 3.48. The molecule has 0 unspecified atom stereocenters. The van der Waals surface area contributed by atoms with E-state index in [0.717, 1.165) is 5.56 Å². The average molecular weight is 239 g/mol. The molecule has 0 amide bonds. The Morgan fingerprint density at radius 2 is 1.62 bits per heavy atom. The van der Waals surface area contributed by atoms with Gasteiger partial charge >= 0.3 is 0 Å². The van der Waals surface area contributed by atoms with Gasteiger partial charge in [0, 0.05) is 5.54 Å². The fourth-order valence-electron chi connectivity index (χ4n) is 1.02. The van der Waals surface area contributed by atoms with Crippen LogP contribution in [0.1, 0.15) is 19.4 Å². The average Bonchev–Trinajstić information content (AvgIpc) is 1.98. The Balaban J connectivity index is 3.35. The van der Waals surface area contributed by atoms with Gasteiger partial charge in [-0.1, -0.05) is 40.9 Å². The molecule has 0 aliphatic heterocycles. The maximum Gasteiger partial charge on any atom is 0.0781 e. The maximum absolute atomic E-state index is 5.99. The lowest BCUT2D eigenvalue weighted by molar-refractivity contribution is 0.555. The van der Waals surface area contributed by atoms with Crippen molar-refractivity contribution in [3.8, 4) is 0 Å². The normalized spacial score (nSPS) is 11.8. The Morgan fingerprint density at radius 3 is 2.08 bits per heavy atom. The molecule has 0 bridgehead atoms. The molecule has 2 N–H and O–H groups in total. The molecular weight excluding hydrogens is 228 g/mol. The molecule has 0 aliphatic rings. The first-order chi connectivity index (χ1) is 5.84. The number of rotatable bonds is 1. The van der Waals surface area contributed by atoms with Gasteiger partial charge in [0.2, 0.25) is 0 Å². The number of hydrogen-bond donors (Lipinski definition) is 1. The fourth-order valence-corrected chi connectivity index (χ4v) is 1.80. The number of halogens is 3. The second kappa shape index (κ2) is 3.66. The van der Waals surface area contributed by atoms with Crippen LogP contribution in [0.15, 0.2) is 12.1 Å². The minimum absolute atomic E-state index is 0.361. The van der Waals surface area contributed by atoms with E-state index < -0.39 is 5.54 Å². The van der Waals surface area contributed by atoms with Crippen molar-refractivity contribution >= 4 is 34.8 Å². The van der Waals surface area contributed by atoms with E-state index in [1.807, 2.05) is 13.8 Å². The molecule has 1 aromatic rings. The molecule has 0 spiro atoms. The zero-order chi connectivity index (χ0) is 10.2. The smallest absolute Gasteiger partial charge is 0.0781 e. The minimum atomic E-state index is -0.509. The Morgan fingerprint density at radius 1 is 1.08 bits per heavy atom. The Hall–Kier alpha value is 0.0500. The first-order valence-electron chi connectivity index (χ1n) is 3.77. The molecule has 4 heteroatoms. The van der Waals surface area contributed by atoms with Crippen LogP contribution in [0.2, 0.25) is 15.1 Å². The molecule has 1 nitrogen and oxygen atoms in total. The quantitative estimate of drug-likeness (QED) is 0.739. The van der Waals surface area contributed by atoms with E-state index in [9.17, 15) is 0 Å². The SMILES string of the molecule is CC(C)(N)c1ccc(Cl)c(Cl)c1Cl. The Kier molecular flexibility index (Phi) is 3.13. The third-order valence-corrected chi connectivity index (χ3v) is 3.02. The summed E-state index contributed by atoms with van der Waals surface area (Å²) in [6.45, 7) is 3.72. The van der Waals surface area contributed by atoms with E-state index in [4.69, 9.17) is 40.5 Å². The summed E-state index contributed by atoms with van der Waals surface area (Å²) in [4.78, 5) is 0. The van der Waals surface area contributed by atoms with Crippen LogP contribution in [-0.2, 0) is 5.54 Å². The lowest BCUT2D eigenvalue weighted by Crippen LogP contribution is -2.29. The first kappa shape index (κ1) is 11.1. The van der Waals surface area contributed by atoms with E-state index in [0.29, 0.717) is 15.1 Å². The second-order valence-electron chi connectivity index (χ2n) is 3.44. The van der Waals surface area contributed by atoms with Crippen LogP contribution in [0, 0.1) is 0 Å². The fraction of sp³-hybridized carbons (Fsp3) is 0.333. The van der Waals surface area contributed by atoms with Crippen LogP contribution in [0.5, 0.6) is 0 Å². The molecule has 0 fully saturated rings. The number of benzene rings is 1. The third-order valence-electron chi connectivity index (χ3n) is 1.73. The highest BCUT2D eigenvalue weighted by Crippen LogP contribution is 2.36. The largest absolute Gasteiger partial charge is 0.322 e. The van der Waals surface area contributed by atoms with E-state index in [1.54, 1.807) is 12.1 Å². The van der Waals surface area contributed by atoms with Gasteiger partial charge < -0.3 is 5.73 Å². The van der Waals surface area contributed by atoms with Gasteiger partial charge in [-0.05, 0) is 25.5 Å². The van der Waals surface area contributed by atoms with E-state index in [-0.39, 0.29) is 0 Å². The standard InChI is InChI=1S/C9H10Cl3N/c1-9(2,13)5-3-4-6(10)8(12)7(5)11/h3-4H,13H2,1-2H3. The molecule has 0 heterocycles. The van der Waals surface area contributed by atoms with Gasteiger partial charge in [-0.3, -0.25) is 0 Å². The summed E-state index contributed by atoms with van der Waals surface area (Å²) in [5.41, 5.74) is 6.18. The summed E-state index contributed by atoms with van der Waals surface area (Å²) in [5.74, 6) is 0. The lowest BCUT2D eigenvalue weighted by atomic mass is 9.96. The molecule has 0 saturated heterocycles. The number of hydrogen-bond acceptors (Lipinski definition) is 1. The highest BCUT2D eigenvalue weighted by Gasteiger charge is 2.20. The van der Waals surface area contributed by atoms with Gasteiger partial charge in [-0.2, -0.15) is 0 Å². The van der Waals surface area contributed by atoms with Gasteiger partial charge in [0.25, 0.3) is 0 Å². The van der Waals surface area contributed by atoms with Crippen molar-refractivity contribution in [1.29, 1.82) is 0 Å². The van der Waals surface area contributed by atoms with Gasteiger partial charge in [0.1, 0.15) is 0 Å². The highest BCUT2D eigenvalue weighted by molar-refractivity contribution is 6.48.